The Morgan fingerprint density at radius 2 is 1.49 bits per heavy atom. The monoisotopic (exact) mass is 465 g/mol. The predicted octanol–water partition coefficient (Wildman–Crippen LogP) is 4.30. The number of nitrogens with zero attached hydrogens (tertiary/aromatic N) is 1. The second kappa shape index (κ2) is 7.67. The number of hydrogen-bond acceptors (Lipinski definition) is 6. The Labute approximate surface area is 202 Å². The fourth-order valence-corrected chi connectivity index (χ4v) is 6.19. The molecule has 0 unspecified atom stereocenters. The van der Waals surface area contributed by atoms with Crippen molar-refractivity contribution in [3.8, 4) is 5.75 Å². The van der Waals surface area contributed by atoms with Crippen molar-refractivity contribution >= 4 is 29.3 Å². The van der Waals surface area contributed by atoms with Crippen molar-refractivity contribution in [2.45, 2.75) is 18.0 Å². The summed E-state index contributed by atoms with van der Waals surface area (Å²) in [5.74, 6) is -1.14. The van der Waals surface area contributed by atoms with E-state index in [4.69, 9.17) is 9.47 Å². The highest BCUT2D eigenvalue weighted by atomic mass is 16.5. The zero-order valence-corrected chi connectivity index (χ0v) is 19.3. The summed E-state index contributed by atoms with van der Waals surface area (Å²) in [4.78, 5) is 44.0. The van der Waals surface area contributed by atoms with Gasteiger partial charge in [-0.05, 0) is 29.3 Å². The molecule has 3 aromatic carbocycles. The first-order valence-electron chi connectivity index (χ1n) is 11.5. The summed E-state index contributed by atoms with van der Waals surface area (Å²) < 4.78 is 10.6. The maximum absolute atomic E-state index is 14.3. The standard InChI is InChI=1S/C29H23NO5/c1-34-19-14-11-18(12-15-19)24-25(28(33)35-2)30-22-10-6-3-7-17(22)13-16-23(30)29(24)26(31)20-8-4-5-9-21(20)27(29)32/h3-16,23-25H,1-2H3/t23-,24-,25-/m1/s1. The summed E-state index contributed by atoms with van der Waals surface area (Å²) in [5.41, 5.74) is 1.70. The topological polar surface area (TPSA) is 72.9 Å². The van der Waals surface area contributed by atoms with Crippen LogP contribution in [0.3, 0.4) is 0 Å². The van der Waals surface area contributed by atoms with Crippen LogP contribution in [0, 0.1) is 5.41 Å². The van der Waals surface area contributed by atoms with Gasteiger partial charge in [0.05, 0.1) is 20.3 Å². The first-order valence-corrected chi connectivity index (χ1v) is 11.5. The molecule has 0 bridgehead atoms. The van der Waals surface area contributed by atoms with Crippen molar-refractivity contribution in [1.29, 1.82) is 0 Å². The highest BCUT2D eigenvalue weighted by Gasteiger charge is 2.71. The number of para-hydroxylation sites is 1. The van der Waals surface area contributed by atoms with Crippen molar-refractivity contribution in [2.24, 2.45) is 5.41 Å². The van der Waals surface area contributed by atoms with Crippen LogP contribution in [-0.2, 0) is 9.53 Å². The van der Waals surface area contributed by atoms with Crippen LogP contribution >= 0.6 is 0 Å². The molecule has 174 valence electrons. The Morgan fingerprint density at radius 1 is 0.857 bits per heavy atom. The van der Waals surface area contributed by atoms with Gasteiger partial charge in [0.25, 0.3) is 0 Å². The number of esters is 1. The highest BCUT2D eigenvalue weighted by Crippen LogP contribution is 2.60. The van der Waals surface area contributed by atoms with Gasteiger partial charge in [-0.1, -0.05) is 66.7 Å². The van der Waals surface area contributed by atoms with Crippen molar-refractivity contribution in [1.82, 2.24) is 0 Å². The average molecular weight is 466 g/mol. The third-order valence-corrected chi connectivity index (χ3v) is 7.63. The minimum absolute atomic E-state index is 0.260. The fourth-order valence-electron chi connectivity index (χ4n) is 6.19. The molecule has 1 aliphatic carbocycles. The van der Waals surface area contributed by atoms with E-state index in [1.165, 1.54) is 7.11 Å². The number of benzene rings is 3. The highest BCUT2D eigenvalue weighted by molar-refractivity contribution is 6.32. The van der Waals surface area contributed by atoms with Gasteiger partial charge in [0.15, 0.2) is 11.6 Å². The molecule has 2 heterocycles. The van der Waals surface area contributed by atoms with Gasteiger partial charge in [-0.2, -0.15) is 0 Å². The van der Waals surface area contributed by atoms with Gasteiger partial charge in [-0.3, -0.25) is 9.59 Å². The minimum atomic E-state index is -1.51. The molecule has 2 aliphatic heterocycles. The number of ketones is 2. The zero-order valence-electron chi connectivity index (χ0n) is 19.3. The lowest BCUT2D eigenvalue weighted by molar-refractivity contribution is -0.142. The molecule has 1 saturated heterocycles. The molecule has 3 aromatic rings. The molecule has 1 fully saturated rings. The van der Waals surface area contributed by atoms with Crippen molar-refractivity contribution in [3.63, 3.8) is 0 Å². The van der Waals surface area contributed by atoms with E-state index < -0.39 is 29.4 Å². The molecular weight excluding hydrogens is 442 g/mol. The summed E-state index contributed by atoms with van der Waals surface area (Å²) in [5, 5.41) is 0. The molecule has 6 nitrogen and oxygen atoms in total. The number of carbonyl (C=O) groups excluding carboxylic acids is 3. The Hall–Kier alpha value is -4.19. The van der Waals surface area contributed by atoms with Crippen LogP contribution in [-0.4, -0.2) is 43.8 Å². The lowest BCUT2D eigenvalue weighted by Crippen LogP contribution is -2.48. The molecule has 6 heteroatoms. The van der Waals surface area contributed by atoms with Crippen molar-refractivity contribution in [3.05, 3.63) is 101 Å². The van der Waals surface area contributed by atoms with E-state index in [1.807, 2.05) is 53.5 Å². The predicted molar refractivity (Wildman–Crippen MR) is 131 cm³/mol. The van der Waals surface area contributed by atoms with Crippen molar-refractivity contribution in [2.75, 3.05) is 19.1 Å². The molecule has 3 aliphatic rings. The molecular formula is C29H23NO5. The molecule has 0 amide bonds. The van der Waals surface area contributed by atoms with Gasteiger partial charge >= 0.3 is 5.97 Å². The Bertz CT molecular complexity index is 1370. The number of fused-ring (bicyclic) bond motifs is 5. The van der Waals surface area contributed by atoms with Gasteiger partial charge in [-0.25, -0.2) is 4.79 Å². The summed E-state index contributed by atoms with van der Waals surface area (Å²) in [7, 11) is 2.91. The zero-order chi connectivity index (χ0) is 24.3. The van der Waals surface area contributed by atoms with Crippen LogP contribution < -0.4 is 9.64 Å². The lowest BCUT2D eigenvalue weighted by Gasteiger charge is -2.36. The van der Waals surface area contributed by atoms with Crippen LogP contribution in [0.1, 0.15) is 37.8 Å². The molecule has 0 N–H and O–H groups in total. The Morgan fingerprint density at radius 3 is 2.11 bits per heavy atom. The van der Waals surface area contributed by atoms with E-state index in [0.29, 0.717) is 22.4 Å². The van der Waals surface area contributed by atoms with Gasteiger partial charge in [0.2, 0.25) is 0 Å². The van der Waals surface area contributed by atoms with Crippen LogP contribution in [0.25, 0.3) is 6.08 Å². The van der Waals surface area contributed by atoms with E-state index >= 15 is 0 Å². The number of Topliss-reactive ketones (excluding diaryl/α,β-unsaturated/α-hetero) is 2. The van der Waals surface area contributed by atoms with Crippen molar-refractivity contribution < 1.29 is 23.9 Å². The van der Waals surface area contributed by atoms with Gasteiger partial charge in [0, 0.05) is 22.7 Å². The third-order valence-electron chi connectivity index (χ3n) is 7.63. The smallest absolute Gasteiger partial charge is 0.329 e. The SMILES string of the molecule is COC(=O)[C@H]1[C@@H](c2ccc(OC)cc2)C2(C(=O)c3ccccc3C2=O)[C@H]2C=Cc3ccccc3N12. The first kappa shape index (κ1) is 21.4. The summed E-state index contributed by atoms with van der Waals surface area (Å²) in [6.45, 7) is 0. The number of ether oxygens (including phenoxy) is 2. The van der Waals surface area contributed by atoms with Crippen LogP contribution in [0.2, 0.25) is 0 Å². The maximum Gasteiger partial charge on any atom is 0.329 e. The van der Waals surface area contributed by atoms with E-state index in [0.717, 1.165) is 11.3 Å². The van der Waals surface area contributed by atoms with Crippen LogP contribution in [0.4, 0.5) is 5.69 Å². The van der Waals surface area contributed by atoms with E-state index in [-0.39, 0.29) is 11.6 Å². The van der Waals surface area contributed by atoms with Crippen LogP contribution in [0.5, 0.6) is 5.75 Å². The van der Waals surface area contributed by atoms with E-state index in [9.17, 15) is 14.4 Å². The molecule has 0 saturated carbocycles. The number of carbonyl (C=O) groups is 3. The molecule has 1 spiro atoms. The first-order chi connectivity index (χ1) is 17.0. The number of rotatable bonds is 3. The molecule has 3 atom stereocenters. The lowest BCUT2D eigenvalue weighted by atomic mass is 9.65. The Balaban J connectivity index is 1.67. The number of methoxy groups -OCH3 is 2. The average Bonchev–Trinajstić information content (AvgIpc) is 3.35. The van der Waals surface area contributed by atoms with E-state index in [1.54, 1.807) is 43.5 Å². The van der Waals surface area contributed by atoms with E-state index in [2.05, 4.69) is 0 Å². The molecule has 0 radical (unpaired) electrons. The normalized spacial score (nSPS) is 23.1. The second-order valence-corrected chi connectivity index (χ2v) is 9.06. The largest absolute Gasteiger partial charge is 0.497 e. The Kier molecular flexibility index (Phi) is 4.68. The molecule has 0 aromatic heterocycles. The van der Waals surface area contributed by atoms with Gasteiger partial charge in [0.1, 0.15) is 17.2 Å². The van der Waals surface area contributed by atoms with Gasteiger partial charge in [-0.15, -0.1) is 0 Å². The summed E-state index contributed by atoms with van der Waals surface area (Å²) in [6.07, 6.45) is 3.83. The number of anilines is 1. The second-order valence-electron chi connectivity index (χ2n) is 9.06. The summed E-state index contributed by atoms with van der Waals surface area (Å²) >= 11 is 0. The number of hydrogen-bond donors (Lipinski definition) is 0. The third kappa shape index (κ3) is 2.68. The van der Waals surface area contributed by atoms with Gasteiger partial charge < -0.3 is 14.4 Å². The fraction of sp³-hybridized carbons (Fsp3) is 0.207. The maximum atomic E-state index is 14.3. The minimum Gasteiger partial charge on any atom is -0.497 e. The molecule has 6 rings (SSSR count). The molecule has 35 heavy (non-hydrogen) atoms. The van der Waals surface area contributed by atoms with Crippen LogP contribution in [0.15, 0.2) is 78.9 Å². The quantitative estimate of drug-likeness (QED) is 0.424. The summed E-state index contributed by atoms with van der Waals surface area (Å²) in [6, 6.07) is 20.3.